The fraction of sp³-hybridized carbons (Fsp3) is 0.550. The minimum Gasteiger partial charge on any atom is -0.352 e. The lowest BCUT2D eigenvalue weighted by Gasteiger charge is -2.26. The van der Waals surface area contributed by atoms with Gasteiger partial charge in [-0.3, -0.25) is 14.3 Å². The minimum absolute atomic E-state index is 0.0182. The van der Waals surface area contributed by atoms with Crippen LogP contribution in [0, 0.1) is 0 Å². The fourth-order valence-electron chi connectivity index (χ4n) is 3.97. The van der Waals surface area contributed by atoms with Crippen molar-refractivity contribution >= 4 is 39.1 Å². The fourth-order valence-corrected chi connectivity index (χ4v) is 6.55. The van der Waals surface area contributed by atoms with Crippen molar-refractivity contribution in [3.05, 3.63) is 35.1 Å². The number of benzene rings is 1. The van der Waals surface area contributed by atoms with E-state index < -0.39 is 9.84 Å². The van der Waals surface area contributed by atoms with Crippen LogP contribution in [0.3, 0.4) is 0 Å². The summed E-state index contributed by atoms with van der Waals surface area (Å²) in [5.74, 6) is 0.927. The third kappa shape index (κ3) is 6.00. The number of carbonyl (C=O) groups is 1. The molecule has 0 radical (unpaired) electrons. The number of piperidine rings is 1. The number of carbonyl (C=O) groups excluding carboxylic acids is 1. The van der Waals surface area contributed by atoms with Crippen molar-refractivity contribution in [1.29, 1.82) is 0 Å². The number of amides is 1. The summed E-state index contributed by atoms with van der Waals surface area (Å²) < 4.78 is 25.2. The van der Waals surface area contributed by atoms with Crippen LogP contribution in [-0.2, 0) is 21.2 Å². The largest absolute Gasteiger partial charge is 0.352 e. The van der Waals surface area contributed by atoms with Crippen LogP contribution < -0.4 is 5.32 Å². The number of likely N-dealkylation sites (tertiary alicyclic amines) is 1. The maximum absolute atomic E-state index is 12.4. The van der Waals surface area contributed by atoms with Crippen LogP contribution in [-0.4, -0.2) is 70.4 Å². The molecule has 168 valence electrons. The van der Waals surface area contributed by atoms with Gasteiger partial charge >= 0.3 is 0 Å². The quantitative estimate of drug-likeness (QED) is 0.603. The smallest absolute Gasteiger partial charge is 0.230 e. The molecule has 11 heteroatoms. The van der Waals surface area contributed by atoms with Gasteiger partial charge in [0, 0.05) is 16.8 Å². The van der Waals surface area contributed by atoms with E-state index in [4.69, 9.17) is 11.6 Å². The third-order valence-electron chi connectivity index (χ3n) is 5.53. The third-order valence-corrected chi connectivity index (χ3v) is 8.48. The van der Waals surface area contributed by atoms with E-state index in [1.165, 1.54) is 31.0 Å². The molecular weight excluding hydrogens is 458 g/mol. The number of hydrogen-bond acceptors (Lipinski definition) is 7. The lowest BCUT2D eigenvalue weighted by atomic mass is 10.1. The van der Waals surface area contributed by atoms with Gasteiger partial charge in [0.05, 0.1) is 23.8 Å². The zero-order valence-corrected chi connectivity index (χ0v) is 19.6. The molecule has 0 spiro atoms. The average Bonchev–Trinajstić information content (AvgIpc) is 3.30. The molecule has 8 nitrogen and oxygen atoms in total. The van der Waals surface area contributed by atoms with Crippen molar-refractivity contribution in [1.82, 2.24) is 25.0 Å². The molecule has 0 bridgehead atoms. The van der Waals surface area contributed by atoms with Crippen molar-refractivity contribution < 1.29 is 13.2 Å². The summed E-state index contributed by atoms with van der Waals surface area (Å²) >= 11 is 7.36. The first-order chi connectivity index (χ1) is 14.9. The summed E-state index contributed by atoms with van der Waals surface area (Å²) in [5.41, 5.74) is 0.895. The minimum atomic E-state index is -3.03. The molecule has 0 aliphatic carbocycles. The molecule has 2 fully saturated rings. The van der Waals surface area contributed by atoms with E-state index in [0.29, 0.717) is 23.1 Å². The van der Waals surface area contributed by atoms with Gasteiger partial charge in [-0.25, -0.2) is 8.42 Å². The maximum Gasteiger partial charge on any atom is 0.230 e. The van der Waals surface area contributed by atoms with E-state index in [1.807, 2.05) is 28.8 Å². The molecule has 3 heterocycles. The lowest BCUT2D eigenvalue weighted by molar-refractivity contribution is -0.119. The number of hydrogen-bond donors (Lipinski definition) is 1. The molecule has 2 aliphatic heterocycles. The number of aromatic nitrogens is 3. The average molecular weight is 484 g/mol. The zero-order valence-electron chi connectivity index (χ0n) is 17.2. The lowest BCUT2D eigenvalue weighted by Crippen LogP contribution is -2.36. The first kappa shape index (κ1) is 22.6. The monoisotopic (exact) mass is 483 g/mol. The molecule has 1 amide bonds. The maximum atomic E-state index is 12.4. The van der Waals surface area contributed by atoms with Crippen molar-refractivity contribution in [2.45, 2.75) is 43.4 Å². The Kier molecular flexibility index (Phi) is 7.20. The van der Waals surface area contributed by atoms with Crippen LogP contribution in [0.1, 0.15) is 31.5 Å². The van der Waals surface area contributed by atoms with E-state index in [0.717, 1.165) is 24.6 Å². The molecule has 2 saturated heterocycles. The Bertz CT molecular complexity index is 1020. The topological polar surface area (TPSA) is 97.2 Å². The van der Waals surface area contributed by atoms with Gasteiger partial charge in [-0.2, -0.15) is 0 Å². The highest BCUT2D eigenvalue weighted by Gasteiger charge is 2.29. The van der Waals surface area contributed by atoms with Gasteiger partial charge in [-0.1, -0.05) is 29.8 Å². The number of halogens is 1. The number of sulfone groups is 1. The summed E-state index contributed by atoms with van der Waals surface area (Å²) in [6.45, 7) is 2.79. The Balaban J connectivity index is 1.47. The predicted octanol–water partition coefficient (Wildman–Crippen LogP) is 2.30. The van der Waals surface area contributed by atoms with E-state index in [9.17, 15) is 13.2 Å². The van der Waals surface area contributed by atoms with Crippen LogP contribution in [0.5, 0.6) is 0 Å². The second kappa shape index (κ2) is 9.89. The van der Waals surface area contributed by atoms with E-state index in [1.54, 1.807) is 0 Å². The number of nitrogens with one attached hydrogen (secondary N) is 1. The highest BCUT2D eigenvalue weighted by molar-refractivity contribution is 7.99. The van der Waals surface area contributed by atoms with Gasteiger partial charge in [-0.15, -0.1) is 10.2 Å². The summed E-state index contributed by atoms with van der Waals surface area (Å²) in [6, 6.07) is 7.17. The number of nitrogens with zero attached hydrogens (tertiary/aromatic N) is 4. The highest BCUT2D eigenvalue weighted by atomic mass is 35.5. The summed E-state index contributed by atoms with van der Waals surface area (Å²) in [7, 11) is -3.03. The Labute approximate surface area is 191 Å². The second-order valence-electron chi connectivity index (χ2n) is 8.00. The van der Waals surface area contributed by atoms with Gasteiger partial charge in [0.2, 0.25) is 5.91 Å². The van der Waals surface area contributed by atoms with Crippen LogP contribution in [0.25, 0.3) is 5.69 Å². The van der Waals surface area contributed by atoms with Crippen molar-refractivity contribution in [2.75, 3.05) is 30.3 Å². The first-order valence-corrected chi connectivity index (χ1v) is 13.6. The molecule has 0 saturated carbocycles. The first-order valence-electron chi connectivity index (χ1n) is 10.4. The standard InChI is InChI=1S/C20H26ClN5O3S2/c21-15-4-6-17(7-5-15)26-18(12-25-9-2-1-3-10-25)23-24-20(26)30-13-19(27)22-16-8-11-31(28,29)14-16/h4-7,16H,1-3,8-14H2,(H,22,27)/t16-/m0/s1. The molecule has 1 aromatic heterocycles. The van der Waals surface area contributed by atoms with E-state index in [2.05, 4.69) is 20.4 Å². The van der Waals surface area contributed by atoms with Crippen LogP contribution in [0.4, 0.5) is 0 Å². The van der Waals surface area contributed by atoms with Gasteiger partial charge in [0.1, 0.15) is 0 Å². The molecule has 2 aliphatic rings. The molecule has 31 heavy (non-hydrogen) atoms. The van der Waals surface area contributed by atoms with Crippen molar-refractivity contribution in [2.24, 2.45) is 0 Å². The van der Waals surface area contributed by atoms with Crippen LogP contribution >= 0.6 is 23.4 Å². The Morgan fingerprint density at radius 3 is 2.58 bits per heavy atom. The molecule has 1 aromatic carbocycles. The second-order valence-corrected chi connectivity index (χ2v) is 11.6. The van der Waals surface area contributed by atoms with Gasteiger partial charge in [0.25, 0.3) is 0 Å². The van der Waals surface area contributed by atoms with Crippen LogP contribution in [0.15, 0.2) is 29.4 Å². The van der Waals surface area contributed by atoms with Gasteiger partial charge in [-0.05, 0) is 56.6 Å². The number of thioether (sulfide) groups is 1. The van der Waals surface area contributed by atoms with Crippen molar-refractivity contribution in [3.63, 3.8) is 0 Å². The molecule has 0 unspecified atom stereocenters. The molecule has 1 N–H and O–H groups in total. The summed E-state index contributed by atoms with van der Waals surface area (Å²) in [5, 5.41) is 12.9. The molecule has 2 aromatic rings. The normalized spacial score (nSPS) is 21.3. The van der Waals surface area contributed by atoms with Crippen LogP contribution in [0.2, 0.25) is 5.02 Å². The number of rotatable bonds is 7. The Morgan fingerprint density at radius 2 is 1.90 bits per heavy atom. The zero-order chi connectivity index (χ0) is 21.8. The highest BCUT2D eigenvalue weighted by Crippen LogP contribution is 2.25. The van der Waals surface area contributed by atoms with E-state index in [-0.39, 0.29) is 29.2 Å². The summed E-state index contributed by atoms with van der Waals surface area (Å²) in [6.07, 6.45) is 4.11. The van der Waals surface area contributed by atoms with E-state index >= 15 is 0 Å². The van der Waals surface area contributed by atoms with Gasteiger partial charge < -0.3 is 5.32 Å². The summed E-state index contributed by atoms with van der Waals surface area (Å²) in [4.78, 5) is 14.8. The Morgan fingerprint density at radius 1 is 1.16 bits per heavy atom. The molecule has 4 rings (SSSR count). The van der Waals surface area contributed by atoms with Crippen molar-refractivity contribution in [3.8, 4) is 5.69 Å². The SMILES string of the molecule is O=C(CSc1nnc(CN2CCCCC2)n1-c1ccc(Cl)cc1)N[C@H]1CCS(=O)(=O)C1. The molecule has 1 atom stereocenters. The predicted molar refractivity (Wildman–Crippen MR) is 121 cm³/mol. The molecular formula is C20H26ClN5O3S2. The van der Waals surface area contributed by atoms with Gasteiger partial charge in [0.15, 0.2) is 20.8 Å². The Hall–Kier alpha value is -1.62.